The second-order valence-corrected chi connectivity index (χ2v) is 4.57. The largest absolute Gasteiger partial charge is 0.454 e. The molecule has 1 amide bonds. The maximum Gasteiger partial charge on any atom is 0.271 e. The van der Waals surface area contributed by atoms with Crippen LogP contribution in [0.4, 0.5) is 0 Å². The summed E-state index contributed by atoms with van der Waals surface area (Å²) in [5.74, 6) is 0.866. The van der Waals surface area contributed by atoms with Gasteiger partial charge in [-0.25, -0.2) is 5.43 Å². The molecule has 7 heteroatoms. The van der Waals surface area contributed by atoms with Gasteiger partial charge in [0.2, 0.25) is 6.79 Å². The van der Waals surface area contributed by atoms with Crippen LogP contribution in [0.2, 0.25) is 5.02 Å². The third kappa shape index (κ3) is 2.95. The molecular formula is C14H10ClN3O3. The van der Waals surface area contributed by atoms with Crippen molar-refractivity contribution in [3.8, 4) is 11.5 Å². The van der Waals surface area contributed by atoms with Crippen LogP contribution >= 0.6 is 11.6 Å². The highest BCUT2D eigenvalue weighted by molar-refractivity contribution is 6.33. The third-order valence-electron chi connectivity index (χ3n) is 2.80. The van der Waals surface area contributed by atoms with E-state index in [9.17, 15) is 4.79 Å². The van der Waals surface area contributed by atoms with Crippen molar-refractivity contribution in [2.24, 2.45) is 5.10 Å². The minimum atomic E-state index is -0.328. The van der Waals surface area contributed by atoms with Gasteiger partial charge >= 0.3 is 0 Å². The highest BCUT2D eigenvalue weighted by atomic mass is 35.5. The first-order valence-corrected chi connectivity index (χ1v) is 6.44. The second-order valence-electron chi connectivity index (χ2n) is 4.16. The number of amides is 1. The van der Waals surface area contributed by atoms with Crippen LogP contribution in [-0.2, 0) is 0 Å². The summed E-state index contributed by atoms with van der Waals surface area (Å²) in [6.45, 7) is 0.172. The molecule has 0 saturated carbocycles. The predicted molar refractivity (Wildman–Crippen MR) is 76.9 cm³/mol. The van der Waals surface area contributed by atoms with Crippen molar-refractivity contribution in [1.29, 1.82) is 0 Å². The zero-order valence-electron chi connectivity index (χ0n) is 10.7. The fourth-order valence-electron chi connectivity index (χ4n) is 1.76. The van der Waals surface area contributed by atoms with Crippen LogP contribution in [0.1, 0.15) is 15.9 Å². The van der Waals surface area contributed by atoms with Crippen LogP contribution in [0.15, 0.2) is 41.8 Å². The summed E-state index contributed by atoms with van der Waals surface area (Å²) in [4.78, 5) is 15.6. The summed E-state index contributed by atoms with van der Waals surface area (Å²) < 4.78 is 10.5. The van der Waals surface area contributed by atoms with E-state index < -0.39 is 0 Å². The van der Waals surface area contributed by atoms with Gasteiger partial charge in [-0.2, -0.15) is 5.10 Å². The molecule has 3 rings (SSSR count). The smallest absolute Gasteiger partial charge is 0.271 e. The molecule has 0 aliphatic carbocycles. The minimum absolute atomic E-state index is 0.172. The molecule has 1 aromatic heterocycles. The molecule has 1 aliphatic heterocycles. The maximum absolute atomic E-state index is 11.8. The fourth-order valence-corrected chi connectivity index (χ4v) is 1.96. The predicted octanol–water partition coefficient (Wildman–Crippen LogP) is 2.23. The lowest BCUT2D eigenvalue weighted by Gasteiger charge is -2.02. The fraction of sp³-hybridized carbons (Fsp3) is 0.0714. The number of carbonyl (C=O) groups is 1. The SMILES string of the molecule is O=C(N/N=C\c1cc2c(cc1Cl)OCO2)c1ccncc1. The summed E-state index contributed by atoms with van der Waals surface area (Å²) in [7, 11) is 0. The highest BCUT2D eigenvalue weighted by Gasteiger charge is 2.15. The Morgan fingerprint density at radius 2 is 2.00 bits per heavy atom. The van der Waals surface area contributed by atoms with E-state index in [0.29, 0.717) is 27.6 Å². The monoisotopic (exact) mass is 303 g/mol. The van der Waals surface area contributed by atoms with Gasteiger partial charge in [0.05, 0.1) is 11.2 Å². The Balaban J connectivity index is 1.71. The summed E-state index contributed by atoms with van der Waals surface area (Å²) in [6.07, 6.45) is 4.52. The maximum atomic E-state index is 11.8. The quantitative estimate of drug-likeness (QED) is 0.697. The van der Waals surface area contributed by atoms with Gasteiger partial charge in [-0.15, -0.1) is 0 Å². The zero-order valence-corrected chi connectivity index (χ0v) is 11.5. The first kappa shape index (κ1) is 13.4. The average Bonchev–Trinajstić information content (AvgIpc) is 2.95. The van der Waals surface area contributed by atoms with Crippen LogP contribution in [-0.4, -0.2) is 23.9 Å². The van der Waals surface area contributed by atoms with Crippen LogP contribution in [0.3, 0.4) is 0 Å². The van der Waals surface area contributed by atoms with E-state index in [0.717, 1.165) is 0 Å². The molecule has 2 aromatic rings. The first-order chi connectivity index (χ1) is 10.2. The molecule has 106 valence electrons. The second kappa shape index (κ2) is 5.80. The van der Waals surface area contributed by atoms with Crippen molar-refractivity contribution in [1.82, 2.24) is 10.4 Å². The molecule has 2 heterocycles. The Morgan fingerprint density at radius 1 is 1.29 bits per heavy atom. The van der Waals surface area contributed by atoms with Gasteiger partial charge < -0.3 is 9.47 Å². The van der Waals surface area contributed by atoms with E-state index in [1.165, 1.54) is 18.6 Å². The molecular weight excluding hydrogens is 294 g/mol. The topological polar surface area (TPSA) is 72.8 Å². The van der Waals surface area contributed by atoms with Gasteiger partial charge in [-0.3, -0.25) is 9.78 Å². The van der Waals surface area contributed by atoms with E-state index in [1.807, 2.05) is 0 Å². The Morgan fingerprint density at radius 3 is 2.76 bits per heavy atom. The Bertz CT molecular complexity index is 704. The summed E-state index contributed by atoms with van der Waals surface area (Å²) >= 11 is 6.09. The average molecular weight is 304 g/mol. The number of hydrogen-bond donors (Lipinski definition) is 1. The summed E-state index contributed by atoms with van der Waals surface area (Å²) in [5, 5.41) is 4.34. The van der Waals surface area contributed by atoms with Crippen molar-refractivity contribution in [2.45, 2.75) is 0 Å². The number of benzene rings is 1. The lowest BCUT2D eigenvalue weighted by Crippen LogP contribution is -2.17. The normalized spacial score (nSPS) is 12.6. The molecule has 1 aromatic carbocycles. The Hall–Kier alpha value is -2.60. The minimum Gasteiger partial charge on any atom is -0.454 e. The Kier molecular flexibility index (Phi) is 3.70. The number of hydrazone groups is 1. The molecule has 6 nitrogen and oxygen atoms in total. The van der Waals surface area contributed by atoms with Gasteiger partial charge in [0.15, 0.2) is 11.5 Å². The number of rotatable bonds is 3. The van der Waals surface area contributed by atoms with E-state index >= 15 is 0 Å². The highest BCUT2D eigenvalue weighted by Crippen LogP contribution is 2.36. The van der Waals surface area contributed by atoms with Crippen LogP contribution in [0, 0.1) is 0 Å². The summed E-state index contributed by atoms with van der Waals surface area (Å²) in [6, 6.07) is 6.54. The van der Waals surface area contributed by atoms with E-state index in [2.05, 4.69) is 15.5 Å². The number of hydrogen-bond acceptors (Lipinski definition) is 5. The molecule has 0 radical (unpaired) electrons. The summed E-state index contributed by atoms with van der Waals surface area (Å²) in [5.41, 5.74) is 3.51. The number of nitrogens with one attached hydrogen (secondary N) is 1. The molecule has 0 bridgehead atoms. The molecule has 0 fully saturated rings. The van der Waals surface area contributed by atoms with Crippen molar-refractivity contribution in [3.63, 3.8) is 0 Å². The Labute approximate surface area is 125 Å². The van der Waals surface area contributed by atoms with E-state index in [1.54, 1.807) is 24.3 Å². The van der Waals surface area contributed by atoms with Crippen LogP contribution in [0.5, 0.6) is 11.5 Å². The van der Waals surface area contributed by atoms with Gasteiger partial charge in [0.25, 0.3) is 5.91 Å². The number of carbonyl (C=O) groups excluding carboxylic acids is 1. The lowest BCUT2D eigenvalue weighted by molar-refractivity contribution is 0.0955. The van der Waals surface area contributed by atoms with Crippen molar-refractivity contribution in [3.05, 3.63) is 52.8 Å². The molecule has 0 spiro atoms. The molecule has 0 saturated heterocycles. The molecule has 0 unspecified atom stereocenters. The van der Waals surface area contributed by atoms with Crippen molar-refractivity contribution < 1.29 is 14.3 Å². The van der Waals surface area contributed by atoms with Gasteiger partial charge in [-0.1, -0.05) is 11.6 Å². The van der Waals surface area contributed by atoms with Crippen LogP contribution < -0.4 is 14.9 Å². The molecule has 1 N–H and O–H groups in total. The van der Waals surface area contributed by atoms with Crippen LogP contribution in [0.25, 0.3) is 0 Å². The van der Waals surface area contributed by atoms with Crippen molar-refractivity contribution in [2.75, 3.05) is 6.79 Å². The number of pyridine rings is 1. The molecule has 21 heavy (non-hydrogen) atoms. The number of halogens is 1. The van der Waals surface area contributed by atoms with Gasteiger partial charge in [-0.05, 0) is 18.2 Å². The van der Waals surface area contributed by atoms with Gasteiger partial charge in [0.1, 0.15) is 0 Å². The third-order valence-corrected chi connectivity index (χ3v) is 3.13. The van der Waals surface area contributed by atoms with Crippen molar-refractivity contribution >= 4 is 23.7 Å². The van der Waals surface area contributed by atoms with Gasteiger partial charge in [0, 0.05) is 29.6 Å². The number of nitrogens with zero attached hydrogens (tertiary/aromatic N) is 2. The first-order valence-electron chi connectivity index (χ1n) is 6.06. The molecule has 1 aliphatic rings. The van der Waals surface area contributed by atoms with E-state index in [4.69, 9.17) is 21.1 Å². The van der Waals surface area contributed by atoms with E-state index in [-0.39, 0.29) is 12.7 Å². The zero-order chi connectivity index (χ0) is 14.7. The lowest BCUT2D eigenvalue weighted by atomic mass is 10.2. The standard InChI is InChI=1S/C14H10ClN3O3/c15-11-6-13-12(20-8-21-13)5-10(11)7-17-18-14(19)9-1-3-16-4-2-9/h1-7H,8H2,(H,18,19)/b17-7-. The number of ether oxygens (including phenoxy) is 2. The molecule has 0 atom stereocenters. The number of fused-ring (bicyclic) bond motifs is 1. The number of aromatic nitrogens is 1.